The summed E-state index contributed by atoms with van der Waals surface area (Å²) in [6.45, 7) is 3.70. The fraction of sp³-hybridized carbons (Fsp3) is 0.417. The Labute approximate surface area is 237 Å². The number of carboxylic acids is 4. The number of rotatable bonds is 10. The second-order valence-corrected chi connectivity index (χ2v) is 7.30. The van der Waals surface area contributed by atoms with Crippen LogP contribution in [0.15, 0.2) is 48.8 Å². The quantitative estimate of drug-likeness (QED) is 0.192. The predicted octanol–water partition coefficient (Wildman–Crippen LogP) is -4.90. The number of H-pyrrole nitrogens is 2. The Balaban J connectivity index is -0.000000131. The van der Waals surface area contributed by atoms with Gasteiger partial charge in [-0.25, -0.2) is 9.97 Å². The molecule has 2 rings (SSSR count). The van der Waals surface area contributed by atoms with Crippen LogP contribution in [-0.4, -0.2) is 34.8 Å². The molecule has 2 aromatic heterocycles. The van der Waals surface area contributed by atoms with E-state index in [-0.39, 0.29) is 40.9 Å². The summed E-state index contributed by atoms with van der Waals surface area (Å²) in [6, 6.07) is 11.1. The molecule has 10 N–H and O–H groups in total. The van der Waals surface area contributed by atoms with Gasteiger partial charge in [-0.05, 0) is 25.0 Å². The third-order valence-electron chi connectivity index (χ3n) is 4.30. The first-order valence-electron chi connectivity index (χ1n) is 11.3. The number of anilines is 2. The molecule has 0 unspecified atom stereocenters. The first-order chi connectivity index (χ1) is 17.0. The summed E-state index contributed by atoms with van der Waals surface area (Å²) < 4.78 is 0. The summed E-state index contributed by atoms with van der Waals surface area (Å²) >= 11 is 0. The minimum absolute atomic E-state index is 0. The van der Waals surface area contributed by atoms with E-state index < -0.39 is 35.7 Å². The molecular weight excluding hydrogens is 568 g/mol. The zero-order chi connectivity index (χ0) is 27.9. The summed E-state index contributed by atoms with van der Waals surface area (Å²) in [5.74, 6) is -7.73. The first-order valence-corrected chi connectivity index (χ1v) is 11.3. The largest absolute Gasteiger partial charge is 2.00 e. The van der Waals surface area contributed by atoms with Crippen LogP contribution in [0.25, 0.3) is 0 Å². The molecule has 14 nitrogen and oxygen atoms in total. The van der Waals surface area contributed by atoms with Crippen molar-refractivity contribution >= 4 is 35.5 Å². The molecule has 2 aromatic rings. The van der Waals surface area contributed by atoms with Crippen LogP contribution in [0.3, 0.4) is 0 Å². The minimum atomic E-state index is -1.56. The number of hydrogen-bond donors (Lipinski definition) is 2. The van der Waals surface area contributed by atoms with Gasteiger partial charge in [-0.3, -0.25) is 11.5 Å². The second kappa shape index (κ2) is 28.8. The molecule has 0 aromatic carbocycles. The third-order valence-corrected chi connectivity index (χ3v) is 4.30. The van der Waals surface area contributed by atoms with E-state index in [2.05, 4.69) is 9.97 Å². The van der Waals surface area contributed by atoms with Crippen LogP contribution in [0.2, 0.25) is 0 Å². The van der Waals surface area contributed by atoms with Gasteiger partial charge in [0.25, 0.3) is 11.6 Å². The van der Waals surface area contributed by atoms with Gasteiger partial charge in [-0.1, -0.05) is 51.7 Å². The number of aliphatic carboxylic acids is 4. The second-order valence-electron chi connectivity index (χ2n) is 7.30. The van der Waals surface area contributed by atoms with Crippen LogP contribution in [-0.2, 0) is 36.2 Å². The number of carboxylic acid groups (broad SMARTS) is 4. The molecule has 0 fully saturated rings. The normalized spacial score (nSPS) is 8.72. The van der Waals surface area contributed by atoms with E-state index in [9.17, 15) is 39.6 Å². The van der Waals surface area contributed by atoms with Gasteiger partial charge in [0.05, 0.1) is 36.3 Å². The Morgan fingerprint density at radius 2 is 0.949 bits per heavy atom. The minimum Gasteiger partial charge on any atom is -0.549 e. The number of carbonyl (C=O) groups is 4. The van der Waals surface area contributed by atoms with Crippen LogP contribution < -0.4 is 41.9 Å². The molecule has 1 radical (unpaired) electrons. The number of carbonyl (C=O) groups excluding carboxylic acids is 4. The van der Waals surface area contributed by atoms with E-state index in [4.69, 9.17) is 11.5 Å². The molecule has 0 aliphatic rings. The van der Waals surface area contributed by atoms with Gasteiger partial charge in [-0.15, -0.1) is 0 Å². The van der Waals surface area contributed by atoms with Crippen molar-refractivity contribution in [2.24, 2.45) is 11.8 Å². The number of nitrogen functional groups attached to an aromatic ring is 2. The van der Waals surface area contributed by atoms with Crippen molar-refractivity contribution in [3.8, 4) is 0 Å². The predicted molar refractivity (Wildman–Crippen MR) is 128 cm³/mol. The van der Waals surface area contributed by atoms with Crippen molar-refractivity contribution in [3.63, 3.8) is 0 Å². The molecule has 0 atom stereocenters. The van der Waals surface area contributed by atoms with E-state index in [1.165, 1.54) is 0 Å². The van der Waals surface area contributed by atoms with Crippen LogP contribution in [0.4, 0.5) is 11.6 Å². The van der Waals surface area contributed by atoms with E-state index in [1.54, 1.807) is 24.5 Å². The monoisotopic (exact) mass is 605 g/mol. The maximum Gasteiger partial charge on any atom is 2.00 e. The molecule has 0 bridgehead atoms. The number of hydrogen-bond acceptors (Lipinski definition) is 10. The van der Waals surface area contributed by atoms with Gasteiger partial charge in [0.1, 0.15) is 0 Å². The van der Waals surface area contributed by atoms with E-state index >= 15 is 0 Å². The van der Waals surface area contributed by atoms with Crippen molar-refractivity contribution in [1.82, 2.24) is 0 Å². The molecular formula is C24H38CuN4O10. The third kappa shape index (κ3) is 27.1. The Morgan fingerprint density at radius 1 is 0.667 bits per heavy atom. The van der Waals surface area contributed by atoms with Crippen molar-refractivity contribution < 1.29 is 77.6 Å². The molecule has 0 saturated heterocycles. The van der Waals surface area contributed by atoms with Gasteiger partial charge in [-0.2, -0.15) is 0 Å². The SMILES string of the molecule is CCCCC(C(=O)[O-])C(=O)[O-].CCCCC(C(=O)[O-])C(=O)[O-].Nc1cccc[nH+]1.Nc1cccc[nH+]1.O.O.[Cu+2]. The number of aromatic amines is 2. The Morgan fingerprint density at radius 3 is 1.08 bits per heavy atom. The van der Waals surface area contributed by atoms with Gasteiger partial charge in [0, 0.05) is 24.0 Å². The molecule has 0 aliphatic heterocycles. The summed E-state index contributed by atoms with van der Waals surface area (Å²) in [5.41, 5.74) is 10.6. The summed E-state index contributed by atoms with van der Waals surface area (Å²) in [4.78, 5) is 46.1. The van der Waals surface area contributed by atoms with Gasteiger partial charge in [0.2, 0.25) is 0 Å². The number of nitrogens with one attached hydrogen (secondary N) is 2. The Bertz CT molecular complexity index is 791. The molecule has 0 saturated carbocycles. The maximum atomic E-state index is 10.1. The topological polar surface area (TPSA) is 304 Å². The summed E-state index contributed by atoms with van der Waals surface area (Å²) in [5, 5.41) is 40.5. The average Bonchev–Trinajstić information content (AvgIpc) is 2.81. The van der Waals surface area contributed by atoms with Crippen molar-refractivity contribution in [2.75, 3.05) is 11.5 Å². The van der Waals surface area contributed by atoms with Crippen LogP contribution in [0.5, 0.6) is 0 Å². The molecule has 0 amide bonds. The van der Waals surface area contributed by atoms with Gasteiger partial charge >= 0.3 is 17.1 Å². The number of nitrogens with two attached hydrogens (primary N) is 2. The van der Waals surface area contributed by atoms with Crippen LogP contribution >= 0.6 is 0 Å². The number of unbranched alkanes of at least 4 members (excludes halogenated alkanes) is 2. The zero-order valence-corrected chi connectivity index (χ0v) is 22.7. The molecule has 39 heavy (non-hydrogen) atoms. The van der Waals surface area contributed by atoms with Crippen LogP contribution in [0, 0.1) is 11.8 Å². The van der Waals surface area contributed by atoms with E-state index in [0.29, 0.717) is 24.5 Å². The molecule has 15 heteroatoms. The van der Waals surface area contributed by atoms with Gasteiger partial charge < -0.3 is 50.6 Å². The summed E-state index contributed by atoms with van der Waals surface area (Å²) in [7, 11) is 0. The first kappa shape index (κ1) is 45.2. The standard InChI is InChI=1S/2C7H12O4.2C5H6N2.Cu.2H2O/c2*1-2-3-4-5(6(8)9)7(10)11;2*6-5-3-1-2-4-7-5;;;/h2*5H,2-4H2,1H3,(H,8,9)(H,10,11);2*1-4H,(H2,6,7);;2*1H2/q;;;;+2;;/p-2. The smallest absolute Gasteiger partial charge is 0.549 e. The van der Waals surface area contributed by atoms with E-state index in [1.807, 2.05) is 38.1 Å². The zero-order valence-electron chi connectivity index (χ0n) is 21.7. The summed E-state index contributed by atoms with van der Waals surface area (Å²) in [6.07, 6.45) is 6.42. The van der Waals surface area contributed by atoms with E-state index in [0.717, 1.165) is 12.8 Å². The Hall–Kier alpha value is -3.78. The van der Waals surface area contributed by atoms with Crippen molar-refractivity contribution in [2.45, 2.75) is 52.4 Å². The molecule has 2 heterocycles. The molecule has 0 aliphatic carbocycles. The molecule has 225 valence electrons. The number of aromatic nitrogens is 2. The van der Waals surface area contributed by atoms with Crippen LogP contribution in [0.1, 0.15) is 52.4 Å². The van der Waals surface area contributed by atoms with Gasteiger partial charge in [0.15, 0.2) is 0 Å². The van der Waals surface area contributed by atoms with Crippen molar-refractivity contribution in [3.05, 3.63) is 48.8 Å². The fourth-order valence-electron chi connectivity index (χ4n) is 2.29. The maximum absolute atomic E-state index is 10.1. The average molecular weight is 606 g/mol. The Kier molecular flexibility index (Phi) is 33.3. The van der Waals surface area contributed by atoms with Crippen molar-refractivity contribution in [1.29, 1.82) is 0 Å². The number of pyridine rings is 2. The molecule has 0 spiro atoms. The fourth-order valence-corrected chi connectivity index (χ4v) is 2.29.